The zero-order valence-corrected chi connectivity index (χ0v) is 14.5. The van der Waals surface area contributed by atoms with E-state index in [2.05, 4.69) is 10.3 Å². The van der Waals surface area contributed by atoms with Crippen LogP contribution in [0.1, 0.15) is 21.6 Å². The molecule has 1 atom stereocenters. The SMILES string of the molecule is N=C(c1ccccc1N)n1cncc1C(=O)NC(C=O)Cc1ccccc1. The number of amides is 1. The Kier molecular flexibility index (Phi) is 5.41. The van der Waals surface area contributed by atoms with Gasteiger partial charge in [-0.3, -0.25) is 14.8 Å². The normalized spacial score (nSPS) is 11.6. The van der Waals surface area contributed by atoms with Gasteiger partial charge in [-0.25, -0.2) is 4.98 Å². The zero-order chi connectivity index (χ0) is 19.2. The second kappa shape index (κ2) is 8.09. The van der Waals surface area contributed by atoms with Crippen molar-refractivity contribution in [2.45, 2.75) is 12.5 Å². The van der Waals surface area contributed by atoms with Gasteiger partial charge in [-0.1, -0.05) is 42.5 Å². The van der Waals surface area contributed by atoms with Crippen molar-refractivity contribution in [3.8, 4) is 0 Å². The molecule has 3 aromatic rings. The summed E-state index contributed by atoms with van der Waals surface area (Å²) < 4.78 is 1.34. The maximum absolute atomic E-state index is 12.6. The molecule has 1 amide bonds. The van der Waals surface area contributed by atoms with Gasteiger partial charge in [-0.2, -0.15) is 0 Å². The number of aldehydes is 1. The average molecular weight is 361 g/mol. The van der Waals surface area contributed by atoms with Crippen LogP contribution in [-0.4, -0.2) is 33.6 Å². The number of carbonyl (C=O) groups is 2. The van der Waals surface area contributed by atoms with Gasteiger partial charge in [0, 0.05) is 11.3 Å². The van der Waals surface area contributed by atoms with Gasteiger partial charge in [-0.15, -0.1) is 0 Å². The van der Waals surface area contributed by atoms with Crippen molar-refractivity contribution in [2.24, 2.45) is 0 Å². The van der Waals surface area contributed by atoms with Crippen molar-refractivity contribution in [1.29, 1.82) is 5.41 Å². The largest absolute Gasteiger partial charge is 0.398 e. The Hall–Kier alpha value is -3.74. The standard InChI is InChI=1S/C20H19N5O2/c21-17-9-5-4-8-16(17)19(22)25-13-23-11-18(25)20(27)24-15(12-26)10-14-6-2-1-3-7-14/h1-9,11-13,15,22H,10,21H2,(H,24,27). The molecule has 0 saturated heterocycles. The fraction of sp³-hybridized carbons (Fsp3) is 0.100. The zero-order valence-electron chi connectivity index (χ0n) is 14.5. The lowest BCUT2D eigenvalue weighted by Crippen LogP contribution is -2.39. The van der Waals surface area contributed by atoms with E-state index in [0.717, 1.165) is 5.56 Å². The Labute approximate surface area is 156 Å². The molecule has 1 heterocycles. The first-order chi connectivity index (χ1) is 13.1. The number of aromatic nitrogens is 2. The number of anilines is 1. The van der Waals surface area contributed by atoms with Crippen LogP contribution < -0.4 is 11.1 Å². The fourth-order valence-corrected chi connectivity index (χ4v) is 2.73. The number of carbonyl (C=O) groups excluding carboxylic acids is 2. The molecule has 0 aliphatic carbocycles. The van der Waals surface area contributed by atoms with Crippen LogP contribution in [-0.2, 0) is 11.2 Å². The van der Waals surface area contributed by atoms with Crippen LogP contribution in [0.15, 0.2) is 67.1 Å². The Balaban J connectivity index is 1.78. The van der Waals surface area contributed by atoms with E-state index in [1.165, 1.54) is 17.1 Å². The molecule has 4 N–H and O–H groups in total. The molecule has 7 nitrogen and oxygen atoms in total. The number of hydrogen-bond donors (Lipinski definition) is 3. The van der Waals surface area contributed by atoms with Gasteiger partial charge in [0.15, 0.2) is 0 Å². The number of imidazole rings is 1. The van der Waals surface area contributed by atoms with Gasteiger partial charge in [0.2, 0.25) is 0 Å². The van der Waals surface area contributed by atoms with Crippen LogP contribution in [0.4, 0.5) is 5.69 Å². The van der Waals surface area contributed by atoms with Crippen LogP contribution in [0, 0.1) is 5.41 Å². The Morgan fingerprint density at radius 2 is 1.89 bits per heavy atom. The first-order valence-electron chi connectivity index (χ1n) is 8.36. The monoisotopic (exact) mass is 361 g/mol. The second-order valence-corrected chi connectivity index (χ2v) is 5.99. The lowest BCUT2D eigenvalue weighted by molar-refractivity contribution is -0.109. The van der Waals surface area contributed by atoms with E-state index in [9.17, 15) is 9.59 Å². The van der Waals surface area contributed by atoms with Crippen molar-refractivity contribution in [3.63, 3.8) is 0 Å². The van der Waals surface area contributed by atoms with E-state index in [0.29, 0.717) is 24.0 Å². The summed E-state index contributed by atoms with van der Waals surface area (Å²) in [7, 11) is 0. The number of nitrogens with two attached hydrogens (primary N) is 1. The van der Waals surface area contributed by atoms with Crippen LogP contribution in [0.2, 0.25) is 0 Å². The molecule has 2 aromatic carbocycles. The second-order valence-electron chi connectivity index (χ2n) is 5.99. The number of nitrogens with one attached hydrogen (secondary N) is 2. The summed E-state index contributed by atoms with van der Waals surface area (Å²) in [5.74, 6) is -0.457. The van der Waals surface area contributed by atoms with E-state index in [-0.39, 0.29) is 11.5 Å². The third-order valence-electron chi connectivity index (χ3n) is 4.11. The minimum absolute atomic E-state index is 0.0291. The van der Waals surface area contributed by atoms with E-state index in [1.807, 2.05) is 30.3 Å². The fourth-order valence-electron chi connectivity index (χ4n) is 2.73. The quantitative estimate of drug-likeness (QED) is 0.269. The molecule has 1 unspecified atom stereocenters. The van der Waals surface area contributed by atoms with E-state index in [1.54, 1.807) is 24.3 Å². The summed E-state index contributed by atoms with van der Waals surface area (Å²) in [6.45, 7) is 0. The van der Waals surface area contributed by atoms with E-state index >= 15 is 0 Å². The first-order valence-corrected chi connectivity index (χ1v) is 8.36. The molecule has 0 bridgehead atoms. The molecule has 7 heteroatoms. The molecule has 3 rings (SSSR count). The molecule has 0 spiro atoms. The van der Waals surface area contributed by atoms with Gasteiger partial charge in [0.1, 0.15) is 24.1 Å². The molecule has 0 radical (unpaired) electrons. The first kappa shape index (κ1) is 18.1. The molecule has 136 valence electrons. The van der Waals surface area contributed by atoms with Gasteiger partial charge >= 0.3 is 0 Å². The molecule has 1 aromatic heterocycles. The number of hydrogen-bond acceptors (Lipinski definition) is 5. The Morgan fingerprint density at radius 1 is 1.19 bits per heavy atom. The van der Waals surface area contributed by atoms with Gasteiger partial charge in [-0.05, 0) is 24.1 Å². The molecule has 0 aliphatic rings. The number of para-hydroxylation sites is 1. The van der Waals surface area contributed by atoms with Crippen LogP contribution in [0.5, 0.6) is 0 Å². The highest BCUT2D eigenvalue weighted by molar-refractivity contribution is 6.06. The smallest absolute Gasteiger partial charge is 0.270 e. The number of rotatable bonds is 6. The van der Waals surface area contributed by atoms with Crippen molar-refractivity contribution < 1.29 is 9.59 Å². The lowest BCUT2D eigenvalue weighted by atomic mass is 10.1. The highest BCUT2D eigenvalue weighted by Crippen LogP contribution is 2.14. The number of nitrogens with zero attached hydrogens (tertiary/aromatic N) is 2. The van der Waals surface area contributed by atoms with Crippen LogP contribution in [0.25, 0.3) is 0 Å². The maximum atomic E-state index is 12.6. The summed E-state index contributed by atoms with van der Waals surface area (Å²) in [6, 6.07) is 15.6. The van der Waals surface area contributed by atoms with Crippen LogP contribution >= 0.6 is 0 Å². The van der Waals surface area contributed by atoms with E-state index < -0.39 is 11.9 Å². The molecule has 27 heavy (non-hydrogen) atoms. The Bertz CT molecular complexity index is 965. The van der Waals surface area contributed by atoms with Gasteiger partial charge in [0.05, 0.1) is 12.2 Å². The van der Waals surface area contributed by atoms with E-state index in [4.69, 9.17) is 11.1 Å². The molecular weight excluding hydrogens is 342 g/mol. The summed E-state index contributed by atoms with van der Waals surface area (Å²) >= 11 is 0. The highest BCUT2D eigenvalue weighted by atomic mass is 16.2. The Morgan fingerprint density at radius 3 is 2.59 bits per heavy atom. The highest BCUT2D eigenvalue weighted by Gasteiger charge is 2.20. The maximum Gasteiger partial charge on any atom is 0.270 e. The van der Waals surface area contributed by atoms with Crippen molar-refractivity contribution >= 4 is 23.7 Å². The molecular formula is C20H19N5O2. The summed E-state index contributed by atoms with van der Waals surface area (Å²) in [5.41, 5.74) is 7.93. The van der Waals surface area contributed by atoms with Crippen molar-refractivity contribution in [1.82, 2.24) is 14.9 Å². The molecule has 0 fully saturated rings. The lowest BCUT2D eigenvalue weighted by Gasteiger charge is -2.15. The van der Waals surface area contributed by atoms with Crippen molar-refractivity contribution in [3.05, 3.63) is 83.9 Å². The number of benzene rings is 2. The summed E-state index contributed by atoms with van der Waals surface area (Å²) in [5, 5.41) is 11.0. The molecule has 0 saturated carbocycles. The average Bonchev–Trinajstić information content (AvgIpc) is 3.18. The third kappa shape index (κ3) is 4.09. The minimum atomic E-state index is -0.681. The minimum Gasteiger partial charge on any atom is -0.398 e. The number of nitrogen functional groups attached to an aromatic ring is 1. The van der Waals surface area contributed by atoms with Crippen molar-refractivity contribution in [2.75, 3.05) is 5.73 Å². The van der Waals surface area contributed by atoms with Gasteiger partial charge < -0.3 is 15.8 Å². The summed E-state index contributed by atoms with van der Waals surface area (Å²) in [4.78, 5) is 28.0. The topological polar surface area (TPSA) is 114 Å². The predicted molar refractivity (Wildman–Crippen MR) is 103 cm³/mol. The molecule has 0 aliphatic heterocycles. The van der Waals surface area contributed by atoms with Crippen LogP contribution in [0.3, 0.4) is 0 Å². The third-order valence-corrected chi connectivity index (χ3v) is 4.11. The predicted octanol–water partition coefficient (Wildman–Crippen LogP) is 1.88. The summed E-state index contributed by atoms with van der Waals surface area (Å²) in [6.07, 6.45) is 3.81. The van der Waals surface area contributed by atoms with Gasteiger partial charge in [0.25, 0.3) is 5.91 Å².